The molecule has 2 rings (SSSR count). The fourth-order valence-electron chi connectivity index (χ4n) is 1.92. The highest BCUT2D eigenvalue weighted by Gasteiger charge is 2.34. The van der Waals surface area contributed by atoms with Crippen molar-refractivity contribution in [2.75, 3.05) is 0 Å². The van der Waals surface area contributed by atoms with Crippen molar-refractivity contribution in [3.8, 4) is 0 Å². The fraction of sp³-hybridized carbons (Fsp3) is 0.200. The number of rotatable bonds is 2. The van der Waals surface area contributed by atoms with Gasteiger partial charge in [0, 0.05) is 0 Å². The van der Waals surface area contributed by atoms with Crippen LogP contribution < -0.4 is 0 Å². The van der Waals surface area contributed by atoms with Gasteiger partial charge in [0.15, 0.2) is 0 Å². The van der Waals surface area contributed by atoms with Crippen LogP contribution in [0.15, 0.2) is 48.5 Å². The molecule has 0 bridgehead atoms. The molecule has 0 aliphatic rings. The van der Waals surface area contributed by atoms with Crippen LogP contribution in [0.3, 0.4) is 0 Å². The largest absolute Gasteiger partial charge is 0.416 e. The molecule has 0 spiro atoms. The quantitative estimate of drug-likeness (QED) is 0.867. The van der Waals surface area contributed by atoms with E-state index in [0.29, 0.717) is 5.56 Å². The second kappa shape index (κ2) is 5.05. The Morgan fingerprint density at radius 2 is 1.53 bits per heavy atom. The van der Waals surface area contributed by atoms with Crippen molar-refractivity contribution >= 4 is 0 Å². The van der Waals surface area contributed by atoms with Crippen molar-refractivity contribution in [3.63, 3.8) is 0 Å². The van der Waals surface area contributed by atoms with Gasteiger partial charge in [-0.1, -0.05) is 48.0 Å². The van der Waals surface area contributed by atoms with E-state index >= 15 is 0 Å². The molecule has 0 saturated carbocycles. The SMILES string of the molecule is Cc1ccc(C(O)c2ccccc2C(F)(F)F)cc1. The van der Waals surface area contributed by atoms with Crippen molar-refractivity contribution in [1.29, 1.82) is 0 Å². The van der Waals surface area contributed by atoms with Gasteiger partial charge in [0.1, 0.15) is 6.10 Å². The zero-order valence-electron chi connectivity index (χ0n) is 10.3. The minimum Gasteiger partial charge on any atom is -0.384 e. The summed E-state index contributed by atoms with van der Waals surface area (Å²) < 4.78 is 38.6. The second-order valence-corrected chi connectivity index (χ2v) is 4.40. The Morgan fingerprint density at radius 3 is 2.11 bits per heavy atom. The first-order valence-corrected chi connectivity index (χ1v) is 5.80. The lowest BCUT2D eigenvalue weighted by molar-refractivity contribution is -0.139. The number of aliphatic hydroxyl groups excluding tert-OH is 1. The topological polar surface area (TPSA) is 20.2 Å². The first-order valence-electron chi connectivity index (χ1n) is 5.80. The molecule has 1 N–H and O–H groups in total. The van der Waals surface area contributed by atoms with Crippen LogP contribution in [0, 0.1) is 6.92 Å². The standard InChI is InChI=1S/C15H13F3O/c1-10-6-8-11(9-7-10)14(19)12-4-2-3-5-13(12)15(16,17)18/h2-9,14,19H,1H3. The average Bonchev–Trinajstić information content (AvgIpc) is 2.38. The van der Waals surface area contributed by atoms with E-state index in [9.17, 15) is 18.3 Å². The molecule has 1 atom stereocenters. The molecule has 0 fully saturated rings. The number of hydrogen-bond donors (Lipinski definition) is 1. The number of halogens is 3. The zero-order chi connectivity index (χ0) is 14.0. The Kier molecular flexibility index (Phi) is 3.62. The van der Waals surface area contributed by atoms with Crippen molar-refractivity contribution < 1.29 is 18.3 Å². The van der Waals surface area contributed by atoms with E-state index in [2.05, 4.69) is 0 Å². The Balaban J connectivity index is 2.44. The summed E-state index contributed by atoms with van der Waals surface area (Å²) in [5, 5.41) is 10.1. The van der Waals surface area contributed by atoms with Gasteiger partial charge in [0.25, 0.3) is 0 Å². The molecule has 0 amide bonds. The average molecular weight is 266 g/mol. The van der Waals surface area contributed by atoms with Crippen LogP contribution in [-0.4, -0.2) is 5.11 Å². The highest BCUT2D eigenvalue weighted by atomic mass is 19.4. The van der Waals surface area contributed by atoms with Crippen LogP contribution in [0.1, 0.15) is 28.4 Å². The van der Waals surface area contributed by atoms with Crippen molar-refractivity contribution in [2.45, 2.75) is 19.2 Å². The van der Waals surface area contributed by atoms with E-state index in [0.717, 1.165) is 11.6 Å². The summed E-state index contributed by atoms with van der Waals surface area (Å²) >= 11 is 0. The minimum absolute atomic E-state index is 0.126. The maximum Gasteiger partial charge on any atom is 0.416 e. The Labute approximate surface area is 109 Å². The molecule has 19 heavy (non-hydrogen) atoms. The molecule has 0 aromatic heterocycles. The third-order valence-electron chi connectivity index (χ3n) is 2.95. The van der Waals surface area contributed by atoms with E-state index in [4.69, 9.17) is 0 Å². The monoisotopic (exact) mass is 266 g/mol. The van der Waals surface area contributed by atoms with E-state index in [1.165, 1.54) is 18.2 Å². The second-order valence-electron chi connectivity index (χ2n) is 4.40. The highest BCUT2D eigenvalue weighted by molar-refractivity contribution is 5.38. The summed E-state index contributed by atoms with van der Waals surface area (Å²) in [6, 6.07) is 11.9. The Hall–Kier alpha value is -1.81. The lowest BCUT2D eigenvalue weighted by Crippen LogP contribution is -2.12. The third kappa shape index (κ3) is 2.96. The van der Waals surface area contributed by atoms with Gasteiger partial charge in [-0.2, -0.15) is 13.2 Å². The lowest BCUT2D eigenvalue weighted by atomic mass is 9.96. The molecular weight excluding hydrogens is 253 g/mol. The molecule has 0 aliphatic carbocycles. The first kappa shape index (κ1) is 13.6. The van der Waals surface area contributed by atoms with Crippen LogP contribution in [0.5, 0.6) is 0 Å². The molecule has 0 heterocycles. The van der Waals surface area contributed by atoms with Crippen molar-refractivity contribution in [3.05, 3.63) is 70.8 Å². The highest BCUT2D eigenvalue weighted by Crippen LogP contribution is 2.36. The zero-order valence-corrected chi connectivity index (χ0v) is 10.3. The third-order valence-corrected chi connectivity index (χ3v) is 2.95. The van der Waals surface area contributed by atoms with Crippen LogP contribution in [0.25, 0.3) is 0 Å². The van der Waals surface area contributed by atoms with Gasteiger partial charge in [-0.05, 0) is 24.1 Å². The molecule has 2 aromatic carbocycles. The number of aliphatic hydroxyl groups is 1. The maximum absolute atomic E-state index is 12.9. The van der Waals surface area contributed by atoms with Gasteiger partial charge in [-0.3, -0.25) is 0 Å². The fourth-order valence-corrected chi connectivity index (χ4v) is 1.92. The van der Waals surface area contributed by atoms with Gasteiger partial charge >= 0.3 is 6.18 Å². The summed E-state index contributed by atoms with van der Waals surface area (Å²) in [6.07, 6.45) is -5.75. The maximum atomic E-state index is 12.9. The van der Waals surface area contributed by atoms with Crippen LogP contribution in [-0.2, 0) is 6.18 Å². The summed E-state index contributed by atoms with van der Waals surface area (Å²) in [5.41, 5.74) is 0.504. The number of alkyl halides is 3. The molecule has 4 heteroatoms. The molecule has 1 nitrogen and oxygen atoms in total. The first-order chi connectivity index (χ1) is 8.89. The molecule has 0 saturated heterocycles. The molecule has 0 radical (unpaired) electrons. The molecule has 100 valence electrons. The van der Waals surface area contributed by atoms with Gasteiger partial charge in [0.05, 0.1) is 5.56 Å². The van der Waals surface area contributed by atoms with E-state index in [-0.39, 0.29) is 5.56 Å². The van der Waals surface area contributed by atoms with E-state index in [1.807, 2.05) is 6.92 Å². The summed E-state index contributed by atoms with van der Waals surface area (Å²) in [7, 11) is 0. The van der Waals surface area contributed by atoms with Gasteiger partial charge in [0.2, 0.25) is 0 Å². The number of hydrogen-bond acceptors (Lipinski definition) is 1. The Morgan fingerprint density at radius 1 is 0.947 bits per heavy atom. The van der Waals surface area contributed by atoms with Crippen LogP contribution in [0.2, 0.25) is 0 Å². The van der Waals surface area contributed by atoms with Crippen molar-refractivity contribution in [1.82, 2.24) is 0 Å². The predicted octanol–water partition coefficient (Wildman–Crippen LogP) is 4.10. The molecular formula is C15H13F3O. The van der Waals surface area contributed by atoms with E-state index in [1.54, 1.807) is 24.3 Å². The van der Waals surface area contributed by atoms with Gasteiger partial charge in [-0.15, -0.1) is 0 Å². The van der Waals surface area contributed by atoms with E-state index < -0.39 is 17.8 Å². The molecule has 1 unspecified atom stereocenters. The summed E-state index contributed by atoms with van der Waals surface area (Å²) in [6.45, 7) is 1.87. The Bertz CT molecular complexity index is 558. The van der Waals surface area contributed by atoms with Gasteiger partial charge < -0.3 is 5.11 Å². The number of aryl methyl sites for hydroxylation is 1. The summed E-state index contributed by atoms with van der Waals surface area (Å²) in [4.78, 5) is 0. The minimum atomic E-state index is -4.47. The molecule has 0 aliphatic heterocycles. The normalized spacial score (nSPS) is 13.3. The van der Waals surface area contributed by atoms with Gasteiger partial charge in [-0.25, -0.2) is 0 Å². The molecule has 2 aromatic rings. The predicted molar refractivity (Wildman–Crippen MR) is 66.7 cm³/mol. The van der Waals surface area contributed by atoms with Crippen LogP contribution in [0.4, 0.5) is 13.2 Å². The van der Waals surface area contributed by atoms with Crippen molar-refractivity contribution in [2.24, 2.45) is 0 Å². The summed E-state index contributed by atoms with van der Waals surface area (Å²) in [5.74, 6) is 0. The van der Waals surface area contributed by atoms with Crippen LogP contribution >= 0.6 is 0 Å². The lowest BCUT2D eigenvalue weighted by Gasteiger charge is -2.17. The smallest absolute Gasteiger partial charge is 0.384 e. The number of benzene rings is 2.